The van der Waals surface area contributed by atoms with Crippen LogP contribution in [-0.2, 0) is 27.9 Å². The van der Waals surface area contributed by atoms with Gasteiger partial charge in [0.15, 0.2) is 11.6 Å². The Labute approximate surface area is 140 Å². The van der Waals surface area contributed by atoms with E-state index in [4.69, 9.17) is 4.74 Å². The Hall–Kier alpha value is -1.84. The summed E-state index contributed by atoms with van der Waals surface area (Å²) in [6, 6.07) is 4.37. The Balaban J connectivity index is 1.89. The zero-order chi connectivity index (χ0) is 17.3. The van der Waals surface area contributed by atoms with Crippen LogP contribution in [0.5, 0.6) is 0 Å². The zero-order valence-electron chi connectivity index (χ0n) is 13.5. The van der Waals surface area contributed by atoms with E-state index in [-0.39, 0.29) is 4.90 Å². The Bertz CT molecular complexity index is 820. The highest BCUT2D eigenvalue weighted by molar-refractivity contribution is 7.89. The monoisotopic (exact) mass is 354 g/mol. The SMILES string of the molecule is CCOCc1nnc2n1CCN(S(=O)(=O)c1ccc(F)cc1)[C@@H]2C. The van der Waals surface area contributed by atoms with Crippen LogP contribution in [0.25, 0.3) is 0 Å². The summed E-state index contributed by atoms with van der Waals surface area (Å²) in [7, 11) is -3.72. The zero-order valence-corrected chi connectivity index (χ0v) is 14.3. The number of fused-ring (bicyclic) bond motifs is 1. The molecule has 0 radical (unpaired) electrons. The van der Waals surface area contributed by atoms with Crippen LogP contribution in [0.4, 0.5) is 4.39 Å². The molecule has 2 aromatic rings. The van der Waals surface area contributed by atoms with E-state index in [1.807, 2.05) is 11.5 Å². The summed E-state index contributed by atoms with van der Waals surface area (Å²) in [6.07, 6.45) is 0. The van der Waals surface area contributed by atoms with Crippen molar-refractivity contribution in [1.82, 2.24) is 19.1 Å². The van der Waals surface area contributed by atoms with Crippen LogP contribution in [0.2, 0.25) is 0 Å². The molecular weight excluding hydrogens is 335 g/mol. The molecule has 0 saturated carbocycles. The minimum atomic E-state index is -3.72. The van der Waals surface area contributed by atoms with Crippen molar-refractivity contribution in [1.29, 1.82) is 0 Å². The van der Waals surface area contributed by atoms with Gasteiger partial charge >= 0.3 is 0 Å². The van der Waals surface area contributed by atoms with E-state index in [9.17, 15) is 12.8 Å². The van der Waals surface area contributed by atoms with Crippen LogP contribution in [0.15, 0.2) is 29.2 Å². The Morgan fingerprint density at radius 3 is 2.62 bits per heavy atom. The molecule has 130 valence electrons. The van der Waals surface area contributed by atoms with Gasteiger partial charge in [0.25, 0.3) is 0 Å². The summed E-state index contributed by atoms with van der Waals surface area (Å²) in [5.74, 6) is 0.806. The van der Waals surface area contributed by atoms with Crippen molar-refractivity contribution in [3.8, 4) is 0 Å². The third-order valence-electron chi connectivity index (χ3n) is 4.06. The Morgan fingerprint density at radius 2 is 1.96 bits per heavy atom. The average Bonchev–Trinajstić information content (AvgIpc) is 2.97. The second-order valence-corrected chi connectivity index (χ2v) is 7.40. The summed E-state index contributed by atoms with van der Waals surface area (Å²) >= 11 is 0. The summed E-state index contributed by atoms with van der Waals surface area (Å²) in [6.45, 7) is 5.34. The van der Waals surface area contributed by atoms with Gasteiger partial charge in [-0.05, 0) is 38.1 Å². The van der Waals surface area contributed by atoms with Gasteiger partial charge in [-0.2, -0.15) is 4.31 Å². The van der Waals surface area contributed by atoms with Crippen LogP contribution < -0.4 is 0 Å². The average molecular weight is 354 g/mol. The van der Waals surface area contributed by atoms with Crippen molar-refractivity contribution in [2.75, 3.05) is 13.2 Å². The minimum Gasteiger partial charge on any atom is -0.374 e. The van der Waals surface area contributed by atoms with Crippen molar-refractivity contribution < 1.29 is 17.5 Å². The fraction of sp³-hybridized carbons (Fsp3) is 0.467. The number of nitrogens with zero attached hydrogens (tertiary/aromatic N) is 4. The molecule has 1 aromatic heterocycles. The highest BCUT2D eigenvalue weighted by Gasteiger charge is 2.36. The standard InChI is InChI=1S/C15H19FN4O3S/c1-3-23-10-14-17-18-15-11(2)20(9-8-19(14)15)24(21,22)13-6-4-12(16)5-7-13/h4-7,11H,3,8-10H2,1-2H3/t11-/m1/s1. The molecule has 2 heterocycles. The number of hydrogen-bond acceptors (Lipinski definition) is 5. The smallest absolute Gasteiger partial charge is 0.243 e. The summed E-state index contributed by atoms with van der Waals surface area (Å²) in [5.41, 5.74) is 0. The van der Waals surface area contributed by atoms with Gasteiger partial charge in [0.1, 0.15) is 12.4 Å². The second-order valence-electron chi connectivity index (χ2n) is 5.51. The van der Waals surface area contributed by atoms with Crippen LogP contribution in [0.1, 0.15) is 31.5 Å². The lowest BCUT2D eigenvalue weighted by Gasteiger charge is -2.32. The van der Waals surface area contributed by atoms with E-state index in [1.54, 1.807) is 6.92 Å². The number of aromatic nitrogens is 3. The fourth-order valence-electron chi connectivity index (χ4n) is 2.79. The van der Waals surface area contributed by atoms with Gasteiger partial charge in [-0.3, -0.25) is 0 Å². The van der Waals surface area contributed by atoms with E-state index in [0.29, 0.717) is 38.0 Å². The largest absolute Gasteiger partial charge is 0.374 e. The summed E-state index contributed by atoms with van der Waals surface area (Å²) in [4.78, 5) is 0.0678. The molecule has 1 aromatic carbocycles. The highest BCUT2D eigenvalue weighted by atomic mass is 32.2. The topological polar surface area (TPSA) is 77.3 Å². The lowest BCUT2D eigenvalue weighted by molar-refractivity contribution is 0.123. The van der Waals surface area contributed by atoms with Gasteiger partial charge in [-0.25, -0.2) is 12.8 Å². The van der Waals surface area contributed by atoms with E-state index < -0.39 is 21.9 Å². The molecule has 0 fully saturated rings. The van der Waals surface area contributed by atoms with Crippen molar-refractivity contribution in [3.05, 3.63) is 41.7 Å². The molecule has 7 nitrogen and oxygen atoms in total. The molecule has 24 heavy (non-hydrogen) atoms. The van der Waals surface area contributed by atoms with E-state index in [2.05, 4.69) is 10.2 Å². The fourth-order valence-corrected chi connectivity index (χ4v) is 4.38. The van der Waals surface area contributed by atoms with E-state index in [1.165, 1.54) is 16.4 Å². The van der Waals surface area contributed by atoms with Crippen molar-refractivity contribution in [2.24, 2.45) is 0 Å². The molecule has 0 spiro atoms. The number of halogens is 1. The first-order valence-electron chi connectivity index (χ1n) is 7.72. The number of hydrogen-bond donors (Lipinski definition) is 0. The van der Waals surface area contributed by atoms with E-state index >= 15 is 0 Å². The van der Waals surface area contributed by atoms with Gasteiger partial charge in [0.2, 0.25) is 10.0 Å². The molecule has 0 saturated heterocycles. The third kappa shape index (κ3) is 2.94. The molecule has 3 rings (SSSR count). The molecule has 1 atom stereocenters. The van der Waals surface area contributed by atoms with E-state index in [0.717, 1.165) is 12.1 Å². The first-order valence-corrected chi connectivity index (χ1v) is 9.16. The number of rotatable bonds is 5. The van der Waals surface area contributed by atoms with Gasteiger partial charge < -0.3 is 9.30 Å². The minimum absolute atomic E-state index is 0.0678. The number of benzene rings is 1. The first kappa shape index (κ1) is 17.0. The van der Waals surface area contributed by atoms with Crippen LogP contribution in [0.3, 0.4) is 0 Å². The Kier molecular flexibility index (Phi) is 4.66. The predicted molar refractivity (Wildman–Crippen MR) is 84.1 cm³/mol. The second kappa shape index (κ2) is 6.58. The summed E-state index contributed by atoms with van der Waals surface area (Å²) in [5, 5.41) is 8.23. The Morgan fingerprint density at radius 1 is 1.25 bits per heavy atom. The first-order chi connectivity index (χ1) is 11.4. The molecular formula is C15H19FN4O3S. The number of sulfonamides is 1. The molecule has 0 unspecified atom stereocenters. The maximum absolute atomic E-state index is 13.1. The van der Waals surface area contributed by atoms with Crippen molar-refractivity contribution in [2.45, 2.75) is 37.9 Å². The molecule has 0 bridgehead atoms. The molecule has 0 aliphatic carbocycles. The van der Waals surface area contributed by atoms with Crippen molar-refractivity contribution >= 4 is 10.0 Å². The van der Waals surface area contributed by atoms with Crippen LogP contribution in [-0.4, -0.2) is 40.6 Å². The van der Waals surface area contributed by atoms with Gasteiger partial charge in [-0.1, -0.05) is 0 Å². The lowest BCUT2D eigenvalue weighted by atomic mass is 10.2. The van der Waals surface area contributed by atoms with Gasteiger partial charge in [-0.15, -0.1) is 10.2 Å². The third-order valence-corrected chi connectivity index (χ3v) is 6.05. The molecule has 9 heteroatoms. The summed E-state index contributed by atoms with van der Waals surface area (Å²) < 4.78 is 47.3. The van der Waals surface area contributed by atoms with Gasteiger partial charge in [0.05, 0.1) is 10.9 Å². The maximum Gasteiger partial charge on any atom is 0.243 e. The quantitative estimate of drug-likeness (QED) is 0.817. The van der Waals surface area contributed by atoms with Gasteiger partial charge in [0, 0.05) is 19.7 Å². The lowest BCUT2D eigenvalue weighted by Crippen LogP contribution is -2.41. The maximum atomic E-state index is 13.1. The van der Waals surface area contributed by atoms with Crippen molar-refractivity contribution in [3.63, 3.8) is 0 Å². The molecule has 0 N–H and O–H groups in total. The number of ether oxygens (including phenoxy) is 1. The van der Waals surface area contributed by atoms with Crippen LogP contribution in [0, 0.1) is 5.82 Å². The normalized spacial score (nSPS) is 18.5. The molecule has 0 amide bonds. The molecule has 1 aliphatic heterocycles. The highest BCUT2D eigenvalue weighted by Crippen LogP contribution is 2.30. The van der Waals surface area contributed by atoms with Crippen LogP contribution >= 0.6 is 0 Å². The molecule has 1 aliphatic rings. The predicted octanol–water partition coefficient (Wildman–Crippen LogP) is 1.72.